The average Bonchev–Trinajstić information content (AvgIpc) is 3.04. The largest absolute Gasteiger partial charge is 0.366 e. The van der Waals surface area contributed by atoms with Gasteiger partial charge in [0.25, 0.3) is 0 Å². The number of hydrogen-bond acceptors (Lipinski definition) is 2. The van der Waals surface area contributed by atoms with Crippen LogP contribution in [0.2, 0.25) is 0 Å². The van der Waals surface area contributed by atoms with E-state index in [0.29, 0.717) is 5.56 Å². The van der Waals surface area contributed by atoms with Crippen LogP contribution in [-0.2, 0) is 0 Å². The third-order valence-corrected chi connectivity index (χ3v) is 3.79. The highest BCUT2D eigenvalue weighted by Crippen LogP contribution is 2.24. The average molecular weight is 291 g/mol. The molecule has 0 aliphatic carbocycles. The number of aromatic nitrogens is 2. The summed E-state index contributed by atoms with van der Waals surface area (Å²) < 4.78 is 2.03. The number of benzene rings is 2. The number of carbonyl (C=O) groups excluding carboxylic acids is 1. The summed E-state index contributed by atoms with van der Waals surface area (Å²) in [6.07, 6.45) is 3.71. The van der Waals surface area contributed by atoms with Crippen molar-refractivity contribution in [1.29, 1.82) is 0 Å². The molecule has 2 aromatic carbocycles. The summed E-state index contributed by atoms with van der Waals surface area (Å²) in [5, 5.41) is 0. The highest BCUT2D eigenvalue weighted by atomic mass is 16.1. The summed E-state index contributed by atoms with van der Waals surface area (Å²) in [7, 11) is 0. The van der Waals surface area contributed by atoms with E-state index in [2.05, 4.69) is 24.0 Å². The standard InChI is InChI=1S/C18H17N3O/c1-13(14-5-3-2-4-6-14)18-20-11-12-21(18)16-9-7-15(8-10-16)17(19)22/h2-13H,1H3,(H2,19,22)/t13-/m0/s1. The third-order valence-electron chi connectivity index (χ3n) is 3.79. The van der Waals surface area contributed by atoms with Crippen LogP contribution in [-0.4, -0.2) is 15.5 Å². The molecule has 0 spiro atoms. The Morgan fingerprint density at radius 2 is 1.77 bits per heavy atom. The van der Waals surface area contributed by atoms with Gasteiger partial charge >= 0.3 is 0 Å². The van der Waals surface area contributed by atoms with Crippen molar-refractivity contribution in [3.63, 3.8) is 0 Å². The fraction of sp³-hybridized carbons (Fsp3) is 0.111. The van der Waals surface area contributed by atoms with Crippen LogP contribution in [0.1, 0.15) is 34.6 Å². The van der Waals surface area contributed by atoms with Gasteiger partial charge in [0.05, 0.1) is 0 Å². The predicted octanol–water partition coefficient (Wildman–Crippen LogP) is 3.12. The van der Waals surface area contributed by atoms with Crippen LogP contribution in [0.25, 0.3) is 5.69 Å². The molecule has 0 unspecified atom stereocenters. The molecule has 3 rings (SSSR count). The van der Waals surface area contributed by atoms with Crippen LogP contribution in [0, 0.1) is 0 Å². The topological polar surface area (TPSA) is 60.9 Å². The van der Waals surface area contributed by atoms with Crippen LogP contribution in [0.3, 0.4) is 0 Å². The van der Waals surface area contributed by atoms with Gasteiger partial charge in [-0.2, -0.15) is 0 Å². The molecule has 1 atom stereocenters. The normalized spacial score (nSPS) is 12.0. The molecular formula is C18H17N3O. The smallest absolute Gasteiger partial charge is 0.248 e. The molecule has 2 N–H and O–H groups in total. The number of carbonyl (C=O) groups is 1. The minimum Gasteiger partial charge on any atom is -0.366 e. The number of imidazole rings is 1. The Morgan fingerprint density at radius 1 is 1.09 bits per heavy atom. The molecule has 0 saturated carbocycles. The summed E-state index contributed by atoms with van der Waals surface area (Å²) in [4.78, 5) is 15.7. The van der Waals surface area contributed by atoms with Crippen molar-refractivity contribution in [2.24, 2.45) is 5.73 Å². The van der Waals surface area contributed by atoms with Gasteiger partial charge in [-0.1, -0.05) is 37.3 Å². The zero-order valence-electron chi connectivity index (χ0n) is 12.3. The minimum absolute atomic E-state index is 0.173. The van der Waals surface area contributed by atoms with Crippen molar-refractivity contribution in [3.8, 4) is 5.69 Å². The van der Waals surface area contributed by atoms with E-state index in [4.69, 9.17) is 5.73 Å². The number of rotatable bonds is 4. The second-order valence-corrected chi connectivity index (χ2v) is 5.20. The summed E-state index contributed by atoms with van der Waals surface area (Å²) in [5.74, 6) is 0.708. The first-order valence-electron chi connectivity index (χ1n) is 7.15. The van der Waals surface area contributed by atoms with E-state index in [1.54, 1.807) is 18.3 Å². The van der Waals surface area contributed by atoms with E-state index in [0.717, 1.165) is 11.5 Å². The first-order valence-corrected chi connectivity index (χ1v) is 7.15. The molecule has 0 radical (unpaired) electrons. The van der Waals surface area contributed by atoms with Gasteiger partial charge in [-0.05, 0) is 29.8 Å². The molecule has 1 amide bonds. The molecular weight excluding hydrogens is 274 g/mol. The summed E-state index contributed by atoms with van der Waals surface area (Å²) >= 11 is 0. The molecule has 1 aromatic heterocycles. The van der Waals surface area contributed by atoms with Crippen LogP contribution in [0.4, 0.5) is 0 Å². The first kappa shape index (κ1) is 14.1. The quantitative estimate of drug-likeness (QED) is 0.802. The molecule has 4 nitrogen and oxygen atoms in total. The van der Waals surface area contributed by atoms with Crippen LogP contribution < -0.4 is 5.73 Å². The van der Waals surface area contributed by atoms with Gasteiger partial charge in [0, 0.05) is 29.6 Å². The summed E-state index contributed by atoms with van der Waals surface area (Å²) in [6, 6.07) is 17.5. The second-order valence-electron chi connectivity index (χ2n) is 5.20. The fourth-order valence-corrected chi connectivity index (χ4v) is 2.53. The predicted molar refractivity (Wildman–Crippen MR) is 86.0 cm³/mol. The fourth-order valence-electron chi connectivity index (χ4n) is 2.53. The maximum atomic E-state index is 11.2. The second kappa shape index (κ2) is 5.85. The summed E-state index contributed by atoms with van der Waals surface area (Å²) in [6.45, 7) is 2.13. The number of hydrogen-bond donors (Lipinski definition) is 1. The Bertz CT molecular complexity index is 776. The molecule has 0 fully saturated rings. The van der Waals surface area contributed by atoms with Gasteiger partial charge in [0.2, 0.25) is 5.91 Å². The summed E-state index contributed by atoms with van der Waals surface area (Å²) in [5.41, 5.74) is 7.95. The van der Waals surface area contributed by atoms with Gasteiger partial charge < -0.3 is 10.3 Å². The Kier molecular flexibility index (Phi) is 3.74. The number of nitrogens with zero attached hydrogens (tertiary/aromatic N) is 2. The highest BCUT2D eigenvalue weighted by molar-refractivity contribution is 5.92. The van der Waals surface area contributed by atoms with E-state index < -0.39 is 5.91 Å². The Labute approximate surface area is 129 Å². The molecule has 3 aromatic rings. The van der Waals surface area contributed by atoms with Crippen LogP contribution in [0.5, 0.6) is 0 Å². The van der Waals surface area contributed by atoms with Crippen molar-refractivity contribution in [2.45, 2.75) is 12.8 Å². The number of amides is 1. The van der Waals surface area contributed by atoms with Gasteiger partial charge in [-0.3, -0.25) is 4.79 Å². The van der Waals surface area contributed by atoms with E-state index in [9.17, 15) is 4.79 Å². The van der Waals surface area contributed by atoms with E-state index >= 15 is 0 Å². The highest BCUT2D eigenvalue weighted by Gasteiger charge is 2.15. The molecule has 110 valence electrons. The molecule has 0 aliphatic heterocycles. The van der Waals surface area contributed by atoms with Crippen LogP contribution >= 0.6 is 0 Å². The van der Waals surface area contributed by atoms with E-state index in [1.165, 1.54) is 5.56 Å². The zero-order valence-corrected chi connectivity index (χ0v) is 12.3. The SMILES string of the molecule is C[C@@H](c1ccccc1)c1nccn1-c1ccc(C(N)=O)cc1. The monoisotopic (exact) mass is 291 g/mol. The van der Waals surface area contributed by atoms with E-state index in [1.807, 2.05) is 41.1 Å². The lowest BCUT2D eigenvalue weighted by Gasteiger charge is -2.14. The molecule has 1 heterocycles. The third kappa shape index (κ3) is 2.63. The Balaban J connectivity index is 1.97. The van der Waals surface area contributed by atoms with Crippen molar-refractivity contribution in [3.05, 3.63) is 83.9 Å². The maximum absolute atomic E-state index is 11.2. The van der Waals surface area contributed by atoms with Crippen molar-refractivity contribution in [1.82, 2.24) is 9.55 Å². The molecule has 4 heteroatoms. The number of primary amides is 1. The van der Waals surface area contributed by atoms with Crippen LogP contribution in [0.15, 0.2) is 67.0 Å². The van der Waals surface area contributed by atoms with Gasteiger partial charge in [0.15, 0.2) is 0 Å². The molecule has 0 saturated heterocycles. The zero-order chi connectivity index (χ0) is 15.5. The molecule has 0 aliphatic rings. The van der Waals surface area contributed by atoms with Gasteiger partial charge in [0.1, 0.15) is 5.82 Å². The van der Waals surface area contributed by atoms with Crippen molar-refractivity contribution >= 4 is 5.91 Å². The lowest BCUT2D eigenvalue weighted by atomic mass is 10.0. The van der Waals surface area contributed by atoms with Gasteiger partial charge in [-0.15, -0.1) is 0 Å². The van der Waals surface area contributed by atoms with Gasteiger partial charge in [-0.25, -0.2) is 4.98 Å². The first-order chi connectivity index (χ1) is 10.7. The Hall–Kier alpha value is -2.88. The maximum Gasteiger partial charge on any atom is 0.248 e. The molecule has 0 bridgehead atoms. The number of nitrogens with two attached hydrogens (primary N) is 1. The minimum atomic E-state index is -0.421. The Morgan fingerprint density at radius 3 is 2.41 bits per heavy atom. The lowest BCUT2D eigenvalue weighted by Crippen LogP contribution is -2.11. The van der Waals surface area contributed by atoms with Crippen molar-refractivity contribution in [2.75, 3.05) is 0 Å². The lowest BCUT2D eigenvalue weighted by molar-refractivity contribution is 0.100. The van der Waals surface area contributed by atoms with Crippen molar-refractivity contribution < 1.29 is 4.79 Å². The van der Waals surface area contributed by atoms with E-state index in [-0.39, 0.29) is 5.92 Å². The molecule has 22 heavy (non-hydrogen) atoms.